The van der Waals surface area contributed by atoms with E-state index in [1.807, 2.05) is 0 Å². The fraction of sp³-hybridized carbons (Fsp3) is 0. The van der Waals surface area contributed by atoms with Gasteiger partial charge in [-0.1, -0.05) is 224 Å². The monoisotopic (exact) mass is 1010 g/mol. The fourth-order valence-corrected chi connectivity index (χ4v) is 12.1. The van der Waals surface area contributed by atoms with Crippen molar-refractivity contribution in [3.8, 4) is 67.0 Å². The number of rotatable bonds is 10. The van der Waals surface area contributed by atoms with Crippen LogP contribution in [0.2, 0.25) is 0 Å². The third kappa shape index (κ3) is 8.07. The van der Waals surface area contributed by atoms with Crippen LogP contribution >= 0.6 is 0 Å². The highest BCUT2D eigenvalue weighted by atomic mass is 15.1. The Morgan fingerprint density at radius 3 is 1.11 bits per heavy atom. The molecule has 2 aromatic heterocycles. The van der Waals surface area contributed by atoms with Gasteiger partial charge in [0.2, 0.25) is 0 Å². The van der Waals surface area contributed by atoms with Gasteiger partial charge in [-0.25, -0.2) is 0 Å². The van der Waals surface area contributed by atoms with E-state index >= 15 is 0 Å². The molecule has 0 aliphatic carbocycles. The standard InChI is InChI=1S/C76H51N3/c1-4-16-52(17-5-1)53-28-30-54(31-29-53)56-36-42-63(43-37-56)77(74-49-47-65(66-22-10-11-23-67(66)74)60-40-46-70-68-24-12-14-26-72(68)79(76(70)51-60)62-20-8-3-9-21-62)64-44-38-57(39-45-64)55-32-34-58(35-33-55)59-41-48-75-71(50-59)69-25-13-15-27-73(69)78(75)61-18-6-2-7-19-61/h1-51H. The molecular formula is C76H51N3. The van der Waals surface area contributed by atoms with Crippen LogP contribution in [0.1, 0.15) is 0 Å². The second-order valence-electron chi connectivity index (χ2n) is 20.5. The van der Waals surface area contributed by atoms with Gasteiger partial charge in [0.25, 0.3) is 0 Å². The lowest BCUT2D eigenvalue weighted by atomic mass is 9.95. The summed E-state index contributed by atoms with van der Waals surface area (Å²) < 4.78 is 4.77. The third-order valence-electron chi connectivity index (χ3n) is 16.0. The minimum atomic E-state index is 1.08. The summed E-state index contributed by atoms with van der Waals surface area (Å²) >= 11 is 0. The van der Waals surface area contributed by atoms with E-state index in [1.165, 1.54) is 110 Å². The highest BCUT2D eigenvalue weighted by molar-refractivity contribution is 6.13. The minimum Gasteiger partial charge on any atom is -0.310 e. The molecule has 0 fully saturated rings. The van der Waals surface area contributed by atoms with E-state index in [0.29, 0.717) is 0 Å². The van der Waals surface area contributed by atoms with Gasteiger partial charge >= 0.3 is 0 Å². The van der Waals surface area contributed by atoms with Gasteiger partial charge in [-0.05, 0) is 146 Å². The van der Waals surface area contributed by atoms with Crippen molar-refractivity contribution >= 4 is 71.4 Å². The Hall–Kier alpha value is -10.5. The number of aromatic nitrogens is 2. The van der Waals surface area contributed by atoms with E-state index in [0.717, 1.165) is 28.3 Å². The molecule has 15 aromatic rings. The van der Waals surface area contributed by atoms with Gasteiger partial charge in [0.1, 0.15) is 0 Å². The average molecular weight is 1010 g/mol. The summed E-state index contributed by atoms with van der Waals surface area (Å²) in [5, 5.41) is 7.36. The molecule has 2 heterocycles. The highest BCUT2D eigenvalue weighted by Gasteiger charge is 2.20. The molecule has 0 unspecified atom stereocenters. The summed E-state index contributed by atoms with van der Waals surface area (Å²) in [6.45, 7) is 0. The number of anilines is 3. The minimum absolute atomic E-state index is 1.08. The van der Waals surface area contributed by atoms with Crippen LogP contribution in [-0.4, -0.2) is 9.13 Å². The Labute approximate surface area is 459 Å². The molecule has 79 heavy (non-hydrogen) atoms. The number of hydrogen-bond donors (Lipinski definition) is 0. The van der Waals surface area contributed by atoms with Gasteiger partial charge in [-0.3, -0.25) is 0 Å². The van der Waals surface area contributed by atoms with Crippen LogP contribution in [0.3, 0.4) is 0 Å². The molecule has 370 valence electrons. The summed E-state index contributed by atoms with van der Waals surface area (Å²) in [4.78, 5) is 2.42. The quantitative estimate of drug-likeness (QED) is 0.133. The average Bonchev–Trinajstić information content (AvgIpc) is 4.25. The zero-order valence-corrected chi connectivity index (χ0v) is 43.3. The first-order valence-corrected chi connectivity index (χ1v) is 27.1. The van der Waals surface area contributed by atoms with Gasteiger partial charge < -0.3 is 14.0 Å². The van der Waals surface area contributed by atoms with E-state index in [2.05, 4.69) is 323 Å². The maximum absolute atomic E-state index is 2.42. The molecule has 0 saturated carbocycles. The Morgan fingerprint density at radius 1 is 0.203 bits per heavy atom. The second kappa shape index (κ2) is 19.3. The molecular weight excluding hydrogens is 955 g/mol. The zero-order chi connectivity index (χ0) is 52.2. The van der Waals surface area contributed by atoms with Crippen molar-refractivity contribution in [1.29, 1.82) is 0 Å². The molecule has 0 amide bonds. The maximum atomic E-state index is 2.42. The normalized spacial score (nSPS) is 11.5. The summed E-state index contributed by atoms with van der Waals surface area (Å²) in [5.74, 6) is 0. The molecule has 0 spiro atoms. The number of fused-ring (bicyclic) bond motifs is 7. The van der Waals surface area contributed by atoms with Crippen LogP contribution in [0.25, 0.3) is 121 Å². The zero-order valence-electron chi connectivity index (χ0n) is 43.3. The molecule has 0 saturated heterocycles. The molecule has 3 nitrogen and oxygen atoms in total. The van der Waals surface area contributed by atoms with Crippen molar-refractivity contribution in [1.82, 2.24) is 9.13 Å². The topological polar surface area (TPSA) is 13.1 Å². The summed E-state index contributed by atoms with van der Waals surface area (Å²) in [6, 6.07) is 113. The number of benzene rings is 13. The lowest BCUT2D eigenvalue weighted by molar-refractivity contribution is 1.18. The van der Waals surface area contributed by atoms with E-state index < -0.39 is 0 Å². The van der Waals surface area contributed by atoms with E-state index in [1.54, 1.807) is 0 Å². The van der Waals surface area contributed by atoms with Gasteiger partial charge in [-0.15, -0.1) is 0 Å². The van der Waals surface area contributed by atoms with Crippen molar-refractivity contribution in [3.05, 3.63) is 309 Å². The van der Waals surface area contributed by atoms with Crippen molar-refractivity contribution in [3.63, 3.8) is 0 Å². The van der Waals surface area contributed by atoms with Crippen LogP contribution in [-0.2, 0) is 0 Å². The van der Waals surface area contributed by atoms with Crippen molar-refractivity contribution in [2.24, 2.45) is 0 Å². The number of para-hydroxylation sites is 4. The Kier molecular flexibility index (Phi) is 11.2. The van der Waals surface area contributed by atoms with Crippen molar-refractivity contribution in [2.75, 3.05) is 4.90 Å². The van der Waals surface area contributed by atoms with Crippen LogP contribution in [0.5, 0.6) is 0 Å². The third-order valence-corrected chi connectivity index (χ3v) is 16.0. The Bertz CT molecular complexity index is 4710. The molecule has 3 heteroatoms. The van der Waals surface area contributed by atoms with E-state index in [-0.39, 0.29) is 0 Å². The van der Waals surface area contributed by atoms with Crippen LogP contribution in [0, 0.1) is 0 Å². The molecule has 0 aliphatic heterocycles. The predicted molar refractivity (Wildman–Crippen MR) is 334 cm³/mol. The van der Waals surface area contributed by atoms with E-state index in [9.17, 15) is 0 Å². The van der Waals surface area contributed by atoms with Gasteiger partial charge in [-0.2, -0.15) is 0 Å². The number of hydrogen-bond acceptors (Lipinski definition) is 1. The number of nitrogens with zero attached hydrogens (tertiary/aromatic N) is 3. The van der Waals surface area contributed by atoms with Gasteiger partial charge in [0.05, 0.1) is 27.8 Å². The SMILES string of the molecule is c1ccc(-c2ccc(-c3ccc(N(c4ccc(-c5ccc(-c6ccc7c(c6)c6ccccc6n7-c6ccccc6)cc5)cc4)c4ccc(-c5ccc6c7ccccc7n(-c7ccccc7)c6c5)c5ccccc45)cc3)cc2)cc1. The smallest absolute Gasteiger partial charge is 0.0547 e. The molecule has 0 aliphatic rings. The predicted octanol–water partition coefficient (Wildman–Crippen LogP) is 20.8. The van der Waals surface area contributed by atoms with Crippen molar-refractivity contribution < 1.29 is 0 Å². The van der Waals surface area contributed by atoms with Gasteiger partial charge in [0, 0.05) is 49.7 Å². The second-order valence-corrected chi connectivity index (χ2v) is 20.5. The lowest BCUT2D eigenvalue weighted by Gasteiger charge is -2.28. The van der Waals surface area contributed by atoms with Crippen LogP contribution in [0.15, 0.2) is 309 Å². The molecule has 0 atom stereocenters. The fourth-order valence-electron chi connectivity index (χ4n) is 12.1. The van der Waals surface area contributed by atoms with Crippen molar-refractivity contribution in [2.45, 2.75) is 0 Å². The van der Waals surface area contributed by atoms with Crippen LogP contribution in [0.4, 0.5) is 17.1 Å². The molecule has 0 radical (unpaired) electrons. The summed E-state index contributed by atoms with van der Waals surface area (Å²) in [7, 11) is 0. The van der Waals surface area contributed by atoms with E-state index in [4.69, 9.17) is 0 Å². The first kappa shape index (κ1) is 45.9. The first-order valence-electron chi connectivity index (χ1n) is 27.1. The first-order chi connectivity index (χ1) is 39.2. The molecule has 13 aromatic carbocycles. The Balaban J connectivity index is 0.801. The lowest BCUT2D eigenvalue weighted by Crippen LogP contribution is -2.10. The maximum Gasteiger partial charge on any atom is 0.0547 e. The summed E-state index contributed by atoms with van der Waals surface area (Å²) in [6.07, 6.45) is 0. The Morgan fingerprint density at radius 2 is 0.570 bits per heavy atom. The highest BCUT2D eigenvalue weighted by Crippen LogP contribution is 2.45. The van der Waals surface area contributed by atoms with Gasteiger partial charge in [0.15, 0.2) is 0 Å². The molecule has 0 bridgehead atoms. The largest absolute Gasteiger partial charge is 0.310 e. The molecule has 15 rings (SSSR count). The van der Waals surface area contributed by atoms with Crippen LogP contribution < -0.4 is 4.90 Å². The summed E-state index contributed by atoms with van der Waals surface area (Å²) in [5.41, 5.74) is 22.3. The molecule has 0 N–H and O–H groups in total.